The molecule has 0 aliphatic heterocycles. The molecule has 2 heteroatoms. The number of nitrogens with two attached hydrogens (primary N) is 1. The van der Waals surface area contributed by atoms with Crippen LogP contribution in [0, 0.1) is 0 Å². The van der Waals surface area contributed by atoms with E-state index in [1.165, 1.54) is 5.56 Å². The standard InChI is InChI=1S/C11H13NO/c1-8(13)11(12)7-10(11)9-5-3-2-4-6-9/h2-6,10,13H,1,7,12H2. The number of rotatable bonds is 2. The average molecular weight is 175 g/mol. The van der Waals surface area contributed by atoms with Crippen molar-refractivity contribution in [1.29, 1.82) is 0 Å². The molecule has 3 N–H and O–H groups in total. The van der Waals surface area contributed by atoms with Gasteiger partial charge in [0.2, 0.25) is 0 Å². The van der Waals surface area contributed by atoms with Crippen molar-refractivity contribution in [3.8, 4) is 0 Å². The quantitative estimate of drug-likeness (QED) is 0.675. The van der Waals surface area contributed by atoms with Crippen molar-refractivity contribution in [2.45, 2.75) is 17.9 Å². The first-order chi connectivity index (χ1) is 6.14. The van der Waals surface area contributed by atoms with Crippen LogP contribution in [0.25, 0.3) is 0 Å². The maximum Gasteiger partial charge on any atom is 0.106 e. The number of benzene rings is 1. The highest BCUT2D eigenvalue weighted by molar-refractivity contribution is 5.38. The van der Waals surface area contributed by atoms with Gasteiger partial charge in [-0.1, -0.05) is 36.9 Å². The Kier molecular flexibility index (Phi) is 1.67. The molecule has 0 heterocycles. The van der Waals surface area contributed by atoms with Crippen molar-refractivity contribution in [2.24, 2.45) is 5.73 Å². The van der Waals surface area contributed by atoms with Gasteiger partial charge in [0.15, 0.2) is 0 Å². The van der Waals surface area contributed by atoms with Gasteiger partial charge in [0.25, 0.3) is 0 Å². The molecule has 1 aromatic carbocycles. The van der Waals surface area contributed by atoms with E-state index in [0.717, 1.165) is 6.42 Å². The maximum absolute atomic E-state index is 9.26. The monoisotopic (exact) mass is 175 g/mol. The molecule has 2 nitrogen and oxygen atoms in total. The largest absolute Gasteiger partial charge is 0.511 e. The third-order valence-corrected chi connectivity index (χ3v) is 2.74. The van der Waals surface area contributed by atoms with Crippen LogP contribution >= 0.6 is 0 Å². The van der Waals surface area contributed by atoms with Crippen molar-refractivity contribution < 1.29 is 5.11 Å². The van der Waals surface area contributed by atoms with Gasteiger partial charge in [-0.25, -0.2) is 0 Å². The Morgan fingerprint density at radius 3 is 2.54 bits per heavy atom. The number of hydrogen-bond acceptors (Lipinski definition) is 2. The van der Waals surface area contributed by atoms with Gasteiger partial charge in [0, 0.05) is 5.92 Å². The first-order valence-corrected chi connectivity index (χ1v) is 4.37. The first kappa shape index (κ1) is 8.32. The lowest BCUT2D eigenvalue weighted by Gasteiger charge is -2.08. The predicted octanol–water partition coefficient (Wildman–Crippen LogP) is 1.94. The zero-order valence-corrected chi connectivity index (χ0v) is 7.40. The van der Waals surface area contributed by atoms with E-state index in [9.17, 15) is 5.11 Å². The Morgan fingerprint density at radius 2 is 2.08 bits per heavy atom. The Labute approximate surface area is 77.7 Å². The molecule has 1 aliphatic rings. The zero-order valence-electron chi connectivity index (χ0n) is 7.40. The van der Waals surface area contributed by atoms with Crippen LogP contribution in [0.2, 0.25) is 0 Å². The summed E-state index contributed by atoms with van der Waals surface area (Å²) in [5.41, 5.74) is 6.53. The predicted molar refractivity (Wildman–Crippen MR) is 52.5 cm³/mol. The van der Waals surface area contributed by atoms with E-state index < -0.39 is 5.54 Å². The molecule has 0 spiro atoms. The normalized spacial score (nSPS) is 31.3. The number of aliphatic hydroxyl groups excluding tert-OH is 1. The molecule has 2 rings (SSSR count). The molecule has 1 saturated carbocycles. The van der Waals surface area contributed by atoms with Crippen LogP contribution in [0.3, 0.4) is 0 Å². The first-order valence-electron chi connectivity index (χ1n) is 4.37. The van der Waals surface area contributed by atoms with Gasteiger partial charge in [0.05, 0.1) is 5.54 Å². The minimum Gasteiger partial charge on any atom is -0.511 e. The minimum atomic E-state index is -0.568. The van der Waals surface area contributed by atoms with E-state index in [2.05, 4.69) is 6.58 Å². The van der Waals surface area contributed by atoms with Crippen molar-refractivity contribution in [1.82, 2.24) is 0 Å². The summed E-state index contributed by atoms with van der Waals surface area (Å²) >= 11 is 0. The molecule has 2 atom stereocenters. The second-order valence-corrected chi connectivity index (χ2v) is 3.65. The van der Waals surface area contributed by atoms with Crippen LogP contribution in [0.15, 0.2) is 42.7 Å². The second kappa shape index (κ2) is 2.60. The van der Waals surface area contributed by atoms with Crippen LogP contribution < -0.4 is 5.73 Å². The molecule has 1 aromatic rings. The molecule has 0 radical (unpaired) electrons. The lowest BCUT2D eigenvalue weighted by atomic mass is 10.1. The third kappa shape index (κ3) is 1.23. The van der Waals surface area contributed by atoms with Crippen LogP contribution in [-0.4, -0.2) is 10.6 Å². The van der Waals surface area contributed by atoms with Crippen LogP contribution in [0.5, 0.6) is 0 Å². The van der Waals surface area contributed by atoms with E-state index in [4.69, 9.17) is 5.73 Å². The molecule has 0 saturated heterocycles. The molecule has 68 valence electrons. The van der Waals surface area contributed by atoms with E-state index >= 15 is 0 Å². The lowest BCUT2D eigenvalue weighted by molar-refractivity contribution is 0.358. The van der Waals surface area contributed by atoms with Crippen molar-refractivity contribution in [3.05, 3.63) is 48.2 Å². The summed E-state index contributed by atoms with van der Waals surface area (Å²) in [6.07, 6.45) is 0.798. The van der Waals surface area contributed by atoms with E-state index in [1.807, 2.05) is 30.3 Å². The van der Waals surface area contributed by atoms with Crippen LogP contribution in [0.4, 0.5) is 0 Å². The minimum absolute atomic E-state index is 0.0985. The van der Waals surface area contributed by atoms with Gasteiger partial charge >= 0.3 is 0 Å². The highest BCUT2D eigenvalue weighted by Crippen LogP contribution is 2.52. The molecular formula is C11H13NO. The molecule has 2 unspecified atom stereocenters. The topological polar surface area (TPSA) is 46.2 Å². The summed E-state index contributed by atoms with van der Waals surface area (Å²) in [5.74, 6) is 0.340. The molecule has 0 aromatic heterocycles. The van der Waals surface area contributed by atoms with Gasteiger partial charge in [-0.05, 0) is 12.0 Å². The Morgan fingerprint density at radius 1 is 1.46 bits per heavy atom. The summed E-state index contributed by atoms with van der Waals surface area (Å²) < 4.78 is 0. The smallest absolute Gasteiger partial charge is 0.106 e. The van der Waals surface area contributed by atoms with E-state index in [-0.39, 0.29) is 11.7 Å². The SMILES string of the molecule is C=C(O)C1(N)CC1c1ccccc1. The fraction of sp³-hybridized carbons (Fsp3) is 0.273. The summed E-state index contributed by atoms with van der Waals surface area (Å²) in [4.78, 5) is 0. The Bertz CT molecular complexity index is 333. The van der Waals surface area contributed by atoms with Gasteiger partial charge in [-0.15, -0.1) is 0 Å². The lowest BCUT2D eigenvalue weighted by Crippen LogP contribution is -2.26. The summed E-state index contributed by atoms with van der Waals surface area (Å²) in [7, 11) is 0. The summed E-state index contributed by atoms with van der Waals surface area (Å²) in [5, 5.41) is 9.26. The highest BCUT2D eigenvalue weighted by atomic mass is 16.3. The van der Waals surface area contributed by atoms with Crippen LogP contribution in [0.1, 0.15) is 17.9 Å². The van der Waals surface area contributed by atoms with Gasteiger partial charge < -0.3 is 10.8 Å². The number of hydrogen-bond donors (Lipinski definition) is 2. The summed E-state index contributed by atoms with van der Waals surface area (Å²) in [6, 6.07) is 9.99. The Hall–Kier alpha value is -1.28. The molecule has 0 amide bonds. The molecule has 0 bridgehead atoms. The van der Waals surface area contributed by atoms with Crippen LogP contribution in [-0.2, 0) is 0 Å². The summed E-state index contributed by atoms with van der Waals surface area (Å²) in [6.45, 7) is 3.50. The molecule has 1 aliphatic carbocycles. The van der Waals surface area contributed by atoms with E-state index in [1.54, 1.807) is 0 Å². The van der Waals surface area contributed by atoms with Crippen molar-refractivity contribution in [2.75, 3.05) is 0 Å². The van der Waals surface area contributed by atoms with Gasteiger partial charge in [-0.2, -0.15) is 0 Å². The molecular weight excluding hydrogens is 162 g/mol. The second-order valence-electron chi connectivity index (χ2n) is 3.65. The fourth-order valence-electron chi connectivity index (χ4n) is 1.70. The zero-order chi connectivity index (χ0) is 9.47. The highest BCUT2D eigenvalue weighted by Gasteiger charge is 2.54. The van der Waals surface area contributed by atoms with Gasteiger partial charge in [-0.3, -0.25) is 0 Å². The van der Waals surface area contributed by atoms with Gasteiger partial charge in [0.1, 0.15) is 5.76 Å². The van der Waals surface area contributed by atoms with E-state index in [0.29, 0.717) is 0 Å². The molecule has 1 fully saturated rings. The maximum atomic E-state index is 9.26. The Balaban J connectivity index is 2.21. The average Bonchev–Trinajstić information content (AvgIpc) is 2.81. The van der Waals surface area contributed by atoms with Crippen molar-refractivity contribution >= 4 is 0 Å². The third-order valence-electron chi connectivity index (χ3n) is 2.74. The van der Waals surface area contributed by atoms with Crippen molar-refractivity contribution in [3.63, 3.8) is 0 Å². The number of aliphatic hydroxyl groups is 1. The fourth-order valence-corrected chi connectivity index (χ4v) is 1.70. The molecule has 13 heavy (non-hydrogen) atoms.